The van der Waals surface area contributed by atoms with Crippen molar-refractivity contribution >= 4 is 50.8 Å². The Morgan fingerprint density at radius 1 is 1.34 bits per heavy atom. The first-order valence-electron chi connectivity index (χ1n) is 9.22. The minimum atomic E-state index is -0.124. The van der Waals surface area contributed by atoms with E-state index in [9.17, 15) is 9.59 Å². The molecule has 0 atom stereocenters. The number of nitrogens with zero attached hydrogens (tertiary/aromatic N) is 2. The van der Waals surface area contributed by atoms with E-state index in [1.54, 1.807) is 11.7 Å². The van der Waals surface area contributed by atoms with Crippen LogP contribution in [-0.2, 0) is 16.1 Å². The molecule has 3 rings (SSSR count). The fraction of sp³-hybridized carbons (Fsp3) is 0.350. The lowest BCUT2D eigenvalue weighted by Crippen LogP contribution is -2.27. The molecule has 0 saturated heterocycles. The molecule has 0 spiro atoms. The summed E-state index contributed by atoms with van der Waals surface area (Å²) in [7, 11) is 1.63. The molecular weight excluding hydrogens is 430 g/mol. The summed E-state index contributed by atoms with van der Waals surface area (Å²) < 4.78 is 6.77. The van der Waals surface area contributed by atoms with E-state index < -0.39 is 0 Å². The average molecular weight is 452 g/mol. The number of aromatic nitrogens is 2. The van der Waals surface area contributed by atoms with Gasteiger partial charge in [0.1, 0.15) is 4.83 Å². The highest BCUT2D eigenvalue weighted by Crippen LogP contribution is 2.35. The van der Waals surface area contributed by atoms with Crippen molar-refractivity contribution in [2.45, 2.75) is 25.0 Å². The molecule has 6 nitrogen and oxygen atoms in total. The molecule has 2 aromatic heterocycles. The van der Waals surface area contributed by atoms with Gasteiger partial charge in [0, 0.05) is 48.3 Å². The first kappa shape index (κ1) is 21.8. The maximum atomic E-state index is 13.4. The van der Waals surface area contributed by atoms with Crippen molar-refractivity contribution < 1.29 is 9.53 Å². The van der Waals surface area contributed by atoms with E-state index in [1.165, 1.54) is 23.1 Å². The molecular formula is C20H22ClN3O3S2. The number of methoxy groups -OCH3 is 1. The fourth-order valence-electron chi connectivity index (χ4n) is 2.94. The number of hydrogen-bond donors (Lipinski definition) is 1. The summed E-state index contributed by atoms with van der Waals surface area (Å²) in [6.07, 6.45) is 0.671. The molecule has 154 valence electrons. The SMILES string of the molecule is CCNC(=O)CSc1nc2scc(-c3ccccc3Cl)c2c(=O)n1CCCOC. The second-order valence-electron chi connectivity index (χ2n) is 6.25. The van der Waals surface area contributed by atoms with Crippen LogP contribution in [0, 0.1) is 0 Å². The fourth-order valence-corrected chi connectivity index (χ4v) is 5.01. The largest absolute Gasteiger partial charge is 0.385 e. The van der Waals surface area contributed by atoms with Crippen LogP contribution in [0.15, 0.2) is 39.6 Å². The number of carbonyl (C=O) groups is 1. The van der Waals surface area contributed by atoms with Gasteiger partial charge in [-0.25, -0.2) is 4.98 Å². The normalized spacial score (nSPS) is 11.1. The average Bonchev–Trinajstić information content (AvgIpc) is 3.13. The molecule has 0 unspecified atom stereocenters. The zero-order valence-corrected chi connectivity index (χ0v) is 18.6. The van der Waals surface area contributed by atoms with Gasteiger partial charge in [0.15, 0.2) is 5.16 Å². The van der Waals surface area contributed by atoms with Crippen LogP contribution in [0.3, 0.4) is 0 Å². The Balaban J connectivity index is 2.07. The van der Waals surface area contributed by atoms with Gasteiger partial charge in [0.25, 0.3) is 5.56 Å². The lowest BCUT2D eigenvalue weighted by molar-refractivity contribution is -0.118. The minimum Gasteiger partial charge on any atom is -0.385 e. The lowest BCUT2D eigenvalue weighted by Gasteiger charge is -2.12. The van der Waals surface area contributed by atoms with E-state index in [2.05, 4.69) is 5.32 Å². The summed E-state index contributed by atoms with van der Waals surface area (Å²) >= 11 is 9.04. The van der Waals surface area contributed by atoms with Gasteiger partial charge in [-0.2, -0.15) is 0 Å². The summed E-state index contributed by atoms with van der Waals surface area (Å²) in [6.45, 7) is 3.44. The number of rotatable bonds is 9. The van der Waals surface area contributed by atoms with Crippen molar-refractivity contribution in [1.29, 1.82) is 0 Å². The number of hydrogen-bond acceptors (Lipinski definition) is 6. The van der Waals surface area contributed by atoms with Gasteiger partial charge in [-0.1, -0.05) is 41.6 Å². The number of thioether (sulfide) groups is 1. The third-order valence-electron chi connectivity index (χ3n) is 4.26. The van der Waals surface area contributed by atoms with E-state index in [1.807, 2.05) is 36.6 Å². The Morgan fingerprint density at radius 2 is 2.14 bits per heavy atom. The van der Waals surface area contributed by atoms with Gasteiger partial charge in [-0.15, -0.1) is 11.3 Å². The number of thiophene rings is 1. The van der Waals surface area contributed by atoms with E-state index in [4.69, 9.17) is 21.3 Å². The first-order valence-corrected chi connectivity index (χ1v) is 11.5. The van der Waals surface area contributed by atoms with Gasteiger partial charge in [0.2, 0.25) is 5.91 Å². The molecule has 1 aromatic carbocycles. The number of carbonyl (C=O) groups excluding carboxylic acids is 1. The quantitative estimate of drug-likeness (QED) is 0.302. The Hall–Kier alpha value is -1.87. The molecule has 0 bridgehead atoms. The highest BCUT2D eigenvalue weighted by Gasteiger charge is 2.19. The number of amides is 1. The van der Waals surface area contributed by atoms with Crippen LogP contribution in [0.4, 0.5) is 0 Å². The van der Waals surface area contributed by atoms with E-state index >= 15 is 0 Å². The van der Waals surface area contributed by atoms with Crippen LogP contribution in [0.1, 0.15) is 13.3 Å². The van der Waals surface area contributed by atoms with Crippen LogP contribution in [-0.4, -0.2) is 41.5 Å². The third-order valence-corrected chi connectivity index (χ3v) is 6.44. The highest BCUT2D eigenvalue weighted by molar-refractivity contribution is 7.99. The predicted molar refractivity (Wildman–Crippen MR) is 120 cm³/mol. The molecule has 9 heteroatoms. The second-order valence-corrected chi connectivity index (χ2v) is 8.46. The Bertz CT molecular complexity index is 1060. The standard InChI is InChI=1S/C20H22ClN3O3S2/c1-3-22-16(25)12-29-20-23-18-17(19(26)24(20)9-6-10-27-2)14(11-28-18)13-7-4-5-8-15(13)21/h4-5,7-8,11H,3,6,9-10,12H2,1-2H3,(H,22,25). The predicted octanol–water partition coefficient (Wildman–Crippen LogP) is 4.04. The van der Waals surface area contributed by atoms with Gasteiger partial charge >= 0.3 is 0 Å². The maximum Gasteiger partial charge on any atom is 0.263 e. The lowest BCUT2D eigenvalue weighted by atomic mass is 10.1. The first-order chi connectivity index (χ1) is 14.1. The summed E-state index contributed by atoms with van der Waals surface area (Å²) in [5.41, 5.74) is 1.47. The Kier molecular flexibility index (Phi) is 7.71. The van der Waals surface area contributed by atoms with E-state index in [0.717, 1.165) is 11.1 Å². The third kappa shape index (κ3) is 5.01. The van der Waals surface area contributed by atoms with Crippen molar-refractivity contribution in [2.24, 2.45) is 0 Å². The number of halogens is 1. The number of ether oxygens (including phenoxy) is 1. The minimum absolute atomic E-state index is 0.0850. The smallest absolute Gasteiger partial charge is 0.263 e. The van der Waals surface area contributed by atoms with Crippen molar-refractivity contribution in [3.8, 4) is 11.1 Å². The van der Waals surface area contributed by atoms with E-state index in [-0.39, 0.29) is 17.2 Å². The topological polar surface area (TPSA) is 73.2 Å². The van der Waals surface area contributed by atoms with E-state index in [0.29, 0.717) is 46.5 Å². The summed E-state index contributed by atoms with van der Waals surface area (Å²) in [4.78, 5) is 30.6. The molecule has 1 amide bonds. The highest BCUT2D eigenvalue weighted by atomic mass is 35.5. The molecule has 0 saturated carbocycles. The Morgan fingerprint density at radius 3 is 2.86 bits per heavy atom. The number of benzene rings is 1. The molecule has 0 aliphatic carbocycles. The molecule has 1 N–H and O–H groups in total. The van der Waals surface area contributed by atoms with Gasteiger partial charge in [0.05, 0.1) is 11.1 Å². The van der Waals surface area contributed by atoms with Crippen LogP contribution in [0.2, 0.25) is 5.02 Å². The van der Waals surface area contributed by atoms with Crippen LogP contribution in [0.5, 0.6) is 0 Å². The molecule has 0 fully saturated rings. The molecule has 29 heavy (non-hydrogen) atoms. The number of nitrogens with one attached hydrogen (secondary N) is 1. The van der Waals surface area contributed by atoms with Crippen molar-refractivity contribution in [1.82, 2.24) is 14.9 Å². The molecule has 3 aromatic rings. The zero-order valence-electron chi connectivity index (χ0n) is 16.2. The molecule has 0 aliphatic rings. The van der Waals surface area contributed by atoms with Crippen molar-refractivity contribution in [3.63, 3.8) is 0 Å². The van der Waals surface area contributed by atoms with Gasteiger partial charge in [-0.05, 0) is 19.4 Å². The monoisotopic (exact) mass is 451 g/mol. The van der Waals surface area contributed by atoms with Crippen molar-refractivity contribution in [2.75, 3.05) is 26.0 Å². The van der Waals surface area contributed by atoms with Crippen LogP contribution >= 0.6 is 34.7 Å². The molecule has 0 aliphatic heterocycles. The summed E-state index contributed by atoms with van der Waals surface area (Å²) in [6, 6.07) is 7.46. The van der Waals surface area contributed by atoms with Crippen LogP contribution < -0.4 is 10.9 Å². The van der Waals surface area contributed by atoms with Crippen molar-refractivity contribution in [3.05, 3.63) is 45.0 Å². The molecule has 0 radical (unpaired) electrons. The van der Waals surface area contributed by atoms with Gasteiger partial charge in [-0.3, -0.25) is 14.2 Å². The zero-order chi connectivity index (χ0) is 20.8. The Labute approximate surface area is 182 Å². The number of fused-ring (bicyclic) bond motifs is 1. The summed E-state index contributed by atoms with van der Waals surface area (Å²) in [5.74, 6) is 0.122. The van der Waals surface area contributed by atoms with Gasteiger partial charge < -0.3 is 10.1 Å². The molecule has 2 heterocycles. The van der Waals surface area contributed by atoms with Crippen LogP contribution in [0.25, 0.3) is 21.3 Å². The maximum absolute atomic E-state index is 13.4. The second kappa shape index (κ2) is 10.2. The summed E-state index contributed by atoms with van der Waals surface area (Å²) in [5, 5.41) is 6.37.